The van der Waals surface area contributed by atoms with Gasteiger partial charge in [-0.3, -0.25) is 4.79 Å². The van der Waals surface area contributed by atoms with Gasteiger partial charge in [0.25, 0.3) is 0 Å². The van der Waals surface area contributed by atoms with E-state index < -0.39 is 0 Å². The topological polar surface area (TPSA) is 75.1 Å². The summed E-state index contributed by atoms with van der Waals surface area (Å²) in [4.78, 5) is 22.9. The van der Waals surface area contributed by atoms with Crippen molar-refractivity contribution in [1.82, 2.24) is 9.97 Å². The number of nitrogens with zero attached hydrogens (tertiary/aromatic N) is 2. The monoisotopic (exact) mass is 359 g/mol. The normalized spacial score (nSPS) is 10.9. The van der Waals surface area contributed by atoms with Gasteiger partial charge in [0.05, 0.1) is 0 Å². The number of thioether (sulfide) groups is 1. The van der Waals surface area contributed by atoms with Gasteiger partial charge in [0.1, 0.15) is 21.9 Å². The van der Waals surface area contributed by atoms with E-state index >= 15 is 0 Å². The highest BCUT2D eigenvalue weighted by Crippen LogP contribution is 2.34. The molecule has 0 saturated heterocycles. The highest BCUT2D eigenvalue weighted by atomic mass is 32.2. The lowest BCUT2D eigenvalue weighted by Crippen LogP contribution is -2.12. The van der Waals surface area contributed by atoms with Gasteiger partial charge in [0, 0.05) is 28.1 Å². The van der Waals surface area contributed by atoms with Crippen LogP contribution in [0.25, 0.3) is 10.2 Å². The number of rotatable bonds is 5. The summed E-state index contributed by atoms with van der Waals surface area (Å²) in [5, 5.41) is 14.1. The zero-order valence-corrected chi connectivity index (χ0v) is 15.0. The Kier molecular flexibility index (Phi) is 5.01. The molecule has 1 amide bonds. The summed E-state index contributed by atoms with van der Waals surface area (Å²) in [7, 11) is 0. The molecule has 1 aromatic carbocycles. The van der Waals surface area contributed by atoms with Crippen LogP contribution in [0.3, 0.4) is 0 Å². The Morgan fingerprint density at radius 1 is 1.25 bits per heavy atom. The SMILES string of the molecule is Cc1sc2ncnc(SCCC(=O)Nc3ccc(O)cc3)c2c1C. The van der Waals surface area contributed by atoms with Gasteiger partial charge in [-0.15, -0.1) is 23.1 Å². The standard InChI is InChI=1S/C17H17N3O2S2/c1-10-11(2)24-17-15(10)16(18-9-19-17)23-8-7-14(22)20-12-3-5-13(21)6-4-12/h3-6,9,21H,7-8H2,1-2H3,(H,20,22). The number of aryl methyl sites for hydroxylation is 2. The molecule has 0 radical (unpaired) electrons. The molecule has 0 saturated carbocycles. The molecule has 2 N–H and O–H groups in total. The van der Waals surface area contributed by atoms with Crippen LogP contribution in [0, 0.1) is 13.8 Å². The molecule has 5 nitrogen and oxygen atoms in total. The van der Waals surface area contributed by atoms with Crippen molar-refractivity contribution in [3.63, 3.8) is 0 Å². The van der Waals surface area contributed by atoms with Gasteiger partial charge < -0.3 is 10.4 Å². The molecule has 0 unspecified atom stereocenters. The van der Waals surface area contributed by atoms with Crippen LogP contribution in [0.1, 0.15) is 16.9 Å². The summed E-state index contributed by atoms with van der Waals surface area (Å²) in [6, 6.07) is 6.44. The Labute approximate surface area is 148 Å². The fourth-order valence-electron chi connectivity index (χ4n) is 2.27. The molecule has 124 valence electrons. The zero-order chi connectivity index (χ0) is 17.1. The van der Waals surface area contributed by atoms with Crippen molar-refractivity contribution < 1.29 is 9.90 Å². The largest absolute Gasteiger partial charge is 0.508 e. The van der Waals surface area contributed by atoms with Crippen LogP contribution >= 0.6 is 23.1 Å². The molecule has 0 aliphatic heterocycles. The minimum atomic E-state index is -0.0586. The van der Waals surface area contributed by atoms with E-state index in [-0.39, 0.29) is 11.7 Å². The van der Waals surface area contributed by atoms with Crippen LogP contribution in [-0.2, 0) is 4.79 Å². The number of phenolic OH excluding ortho intramolecular Hbond substituents is 1. The van der Waals surface area contributed by atoms with E-state index in [1.54, 1.807) is 53.7 Å². The van der Waals surface area contributed by atoms with Crippen LogP contribution in [0.2, 0.25) is 0 Å². The van der Waals surface area contributed by atoms with E-state index in [0.29, 0.717) is 17.9 Å². The number of aromatic hydroxyl groups is 1. The van der Waals surface area contributed by atoms with Crippen LogP contribution in [0.5, 0.6) is 5.75 Å². The maximum Gasteiger partial charge on any atom is 0.225 e. The van der Waals surface area contributed by atoms with Gasteiger partial charge in [-0.1, -0.05) is 0 Å². The maximum absolute atomic E-state index is 12.0. The minimum absolute atomic E-state index is 0.0586. The molecular weight excluding hydrogens is 342 g/mol. The Morgan fingerprint density at radius 3 is 2.75 bits per heavy atom. The first kappa shape index (κ1) is 16.7. The average Bonchev–Trinajstić information content (AvgIpc) is 2.85. The molecule has 24 heavy (non-hydrogen) atoms. The average molecular weight is 359 g/mol. The van der Waals surface area contributed by atoms with Gasteiger partial charge in [0.15, 0.2) is 0 Å². The van der Waals surface area contributed by atoms with Crippen LogP contribution < -0.4 is 5.32 Å². The van der Waals surface area contributed by atoms with Crippen LogP contribution in [0.15, 0.2) is 35.6 Å². The minimum Gasteiger partial charge on any atom is -0.508 e. The molecule has 3 rings (SSSR count). The number of hydrogen-bond acceptors (Lipinski definition) is 6. The number of aromatic nitrogens is 2. The predicted molar refractivity (Wildman–Crippen MR) is 99.0 cm³/mol. The van der Waals surface area contributed by atoms with E-state index in [9.17, 15) is 9.90 Å². The second-order valence-corrected chi connectivity index (χ2v) is 7.62. The molecule has 0 aliphatic carbocycles. The highest BCUT2D eigenvalue weighted by Gasteiger charge is 2.12. The number of fused-ring (bicyclic) bond motifs is 1. The van der Waals surface area contributed by atoms with Crippen LogP contribution in [-0.4, -0.2) is 26.7 Å². The number of phenols is 1. The van der Waals surface area contributed by atoms with E-state index in [1.807, 2.05) is 0 Å². The van der Waals surface area contributed by atoms with Gasteiger partial charge in [-0.2, -0.15) is 0 Å². The first-order valence-corrected chi connectivity index (χ1v) is 9.27. The Balaban J connectivity index is 1.60. The summed E-state index contributed by atoms with van der Waals surface area (Å²) in [6.45, 7) is 4.17. The van der Waals surface area contributed by atoms with Crippen molar-refractivity contribution in [1.29, 1.82) is 0 Å². The summed E-state index contributed by atoms with van der Waals surface area (Å²) in [5.41, 5.74) is 1.89. The quantitative estimate of drug-likeness (QED) is 0.407. The molecule has 2 heterocycles. The smallest absolute Gasteiger partial charge is 0.225 e. The van der Waals surface area contributed by atoms with Crippen molar-refractivity contribution >= 4 is 44.9 Å². The highest BCUT2D eigenvalue weighted by molar-refractivity contribution is 7.99. The second-order valence-electron chi connectivity index (χ2n) is 5.34. The maximum atomic E-state index is 12.0. The van der Waals surface area contributed by atoms with E-state index in [4.69, 9.17) is 0 Å². The third kappa shape index (κ3) is 3.68. The Morgan fingerprint density at radius 2 is 2.00 bits per heavy atom. The number of amides is 1. The molecule has 7 heteroatoms. The predicted octanol–water partition coefficient (Wildman–Crippen LogP) is 4.13. The number of hydrogen-bond donors (Lipinski definition) is 2. The summed E-state index contributed by atoms with van der Waals surface area (Å²) < 4.78 is 0. The first-order valence-electron chi connectivity index (χ1n) is 7.47. The Hall–Kier alpha value is -2.12. The van der Waals surface area contributed by atoms with Crippen LogP contribution in [0.4, 0.5) is 5.69 Å². The summed E-state index contributed by atoms with van der Waals surface area (Å²) >= 11 is 3.24. The molecule has 0 atom stereocenters. The number of carbonyl (C=O) groups excluding carboxylic acids is 1. The molecule has 2 aromatic heterocycles. The van der Waals surface area contributed by atoms with Crippen molar-refractivity contribution in [2.24, 2.45) is 0 Å². The zero-order valence-electron chi connectivity index (χ0n) is 13.4. The van der Waals surface area contributed by atoms with E-state index in [0.717, 1.165) is 15.2 Å². The lowest BCUT2D eigenvalue weighted by atomic mass is 10.2. The molecule has 0 bridgehead atoms. The summed E-state index contributed by atoms with van der Waals surface area (Å²) in [5.74, 6) is 0.763. The van der Waals surface area contributed by atoms with Gasteiger partial charge in [0.2, 0.25) is 5.91 Å². The third-order valence-corrected chi connectivity index (χ3v) is 5.76. The number of benzene rings is 1. The van der Waals surface area contributed by atoms with E-state index in [1.165, 1.54) is 10.4 Å². The summed E-state index contributed by atoms with van der Waals surface area (Å²) in [6.07, 6.45) is 1.97. The molecule has 0 fully saturated rings. The molecule has 0 aliphatic rings. The number of thiophene rings is 1. The number of nitrogens with one attached hydrogen (secondary N) is 1. The van der Waals surface area contributed by atoms with E-state index in [2.05, 4.69) is 29.1 Å². The van der Waals surface area contributed by atoms with Crippen molar-refractivity contribution in [3.05, 3.63) is 41.0 Å². The van der Waals surface area contributed by atoms with Gasteiger partial charge in [-0.25, -0.2) is 9.97 Å². The lowest BCUT2D eigenvalue weighted by Gasteiger charge is -2.06. The second kappa shape index (κ2) is 7.19. The number of carbonyl (C=O) groups is 1. The van der Waals surface area contributed by atoms with Crippen molar-refractivity contribution in [2.75, 3.05) is 11.1 Å². The number of anilines is 1. The molecular formula is C17H17N3O2S2. The van der Waals surface area contributed by atoms with Crippen molar-refractivity contribution in [3.8, 4) is 5.75 Å². The van der Waals surface area contributed by atoms with Crippen molar-refractivity contribution in [2.45, 2.75) is 25.3 Å². The third-order valence-electron chi connectivity index (χ3n) is 3.65. The Bertz CT molecular complexity index is 875. The molecule has 3 aromatic rings. The lowest BCUT2D eigenvalue weighted by molar-refractivity contribution is -0.115. The fourth-order valence-corrected chi connectivity index (χ4v) is 4.33. The molecule has 0 spiro atoms. The fraction of sp³-hybridized carbons (Fsp3) is 0.235. The first-order chi connectivity index (χ1) is 11.5. The van der Waals surface area contributed by atoms with Gasteiger partial charge in [-0.05, 0) is 43.7 Å². The van der Waals surface area contributed by atoms with Gasteiger partial charge >= 0.3 is 0 Å².